The van der Waals surface area contributed by atoms with Crippen molar-refractivity contribution in [3.63, 3.8) is 0 Å². The number of aromatic amines is 1. The minimum Gasteiger partial charge on any atom is -0.394 e. The number of H-pyrrole nitrogens is 1. The fourth-order valence-corrected chi connectivity index (χ4v) is 13.3. The number of nitrogens with one attached hydrogen (secondary N) is 1. The van der Waals surface area contributed by atoms with E-state index in [0.717, 1.165) is 0 Å². The van der Waals surface area contributed by atoms with Gasteiger partial charge in [-0.15, -0.1) is 0 Å². The lowest BCUT2D eigenvalue weighted by molar-refractivity contribution is -0.112. The Bertz CT molecular complexity index is 1090. The minimum atomic E-state index is -2.25. The van der Waals surface area contributed by atoms with Gasteiger partial charge in [0.2, 0.25) is 8.32 Å². The van der Waals surface area contributed by atoms with Crippen LogP contribution >= 0.6 is 8.53 Å². The Morgan fingerprint density at radius 2 is 1.64 bits per heavy atom. The van der Waals surface area contributed by atoms with Crippen LogP contribution in [0.1, 0.15) is 95.2 Å². The molecule has 5 atom stereocenters. The lowest BCUT2D eigenvalue weighted by Gasteiger charge is -2.42. The van der Waals surface area contributed by atoms with Crippen molar-refractivity contribution in [2.45, 2.75) is 142 Å². The average molecular weight is 629 g/mol. The van der Waals surface area contributed by atoms with Crippen molar-refractivity contribution in [3.05, 3.63) is 33.1 Å². The van der Waals surface area contributed by atoms with Gasteiger partial charge in [-0.25, -0.2) is 9.46 Å². The Kier molecular flexibility index (Phi) is 14.5. The van der Waals surface area contributed by atoms with Gasteiger partial charge >= 0.3 is 5.69 Å². The molecule has 11 nitrogen and oxygen atoms in total. The summed E-state index contributed by atoms with van der Waals surface area (Å²) in [5.74, 6) is 0. The van der Waals surface area contributed by atoms with E-state index in [2.05, 4.69) is 85.0 Å². The maximum absolute atomic E-state index is 12.9. The SMILES string of the molecule is CC[C@H]1O[C@@H](n2ccc(=O)[nH]c2=O)[C@H](OCO[Si](C(C)C)(C(C)C)C(C)C)[C@@H]1OP(OCCC#N)N(C(C)C)C(C)C. The van der Waals surface area contributed by atoms with Gasteiger partial charge in [-0.2, -0.15) is 5.26 Å². The van der Waals surface area contributed by atoms with E-state index in [4.69, 9.17) is 28.2 Å². The third-order valence-electron chi connectivity index (χ3n) is 7.96. The molecule has 0 bridgehead atoms. The topological polar surface area (TPSA) is 128 Å². The molecule has 0 radical (unpaired) electrons. The van der Waals surface area contributed by atoms with Crippen molar-refractivity contribution in [1.82, 2.24) is 14.2 Å². The molecule has 1 unspecified atom stereocenters. The molecule has 1 fully saturated rings. The molecule has 0 amide bonds. The van der Waals surface area contributed by atoms with Gasteiger partial charge in [0, 0.05) is 24.3 Å². The normalized spacial score (nSPS) is 22.3. The second kappa shape index (κ2) is 16.6. The molecule has 2 heterocycles. The number of nitriles is 1. The van der Waals surface area contributed by atoms with Crippen LogP contribution in [0.15, 0.2) is 21.9 Å². The smallest absolute Gasteiger partial charge is 0.330 e. The van der Waals surface area contributed by atoms with E-state index in [0.29, 0.717) is 23.0 Å². The highest BCUT2D eigenvalue weighted by Gasteiger charge is 2.50. The van der Waals surface area contributed by atoms with E-state index in [-0.39, 0.29) is 31.9 Å². The zero-order valence-electron chi connectivity index (χ0n) is 27.3. The van der Waals surface area contributed by atoms with Gasteiger partial charge in [0.25, 0.3) is 14.1 Å². The van der Waals surface area contributed by atoms with E-state index in [1.54, 1.807) is 0 Å². The molecule has 2 rings (SSSR count). The molecule has 1 aromatic heterocycles. The van der Waals surface area contributed by atoms with Gasteiger partial charge in [-0.3, -0.25) is 14.3 Å². The lowest BCUT2D eigenvalue weighted by atomic mass is 10.1. The van der Waals surface area contributed by atoms with E-state index < -0.39 is 52.6 Å². The van der Waals surface area contributed by atoms with Gasteiger partial charge in [0.1, 0.15) is 19.0 Å². The van der Waals surface area contributed by atoms with Crippen LogP contribution in [-0.4, -0.2) is 66.3 Å². The van der Waals surface area contributed by atoms with Crippen LogP contribution in [0.2, 0.25) is 16.6 Å². The van der Waals surface area contributed by atoms with E-state index >= 15 is 0 Å². The molecule has 240 valence electrons. The van der Waals surface area contributed by atoms with Crippen LogP contribution < -0.4 is 11.2 Å². The molecule has 0 aliphatic carbocycles. The standard InChI is InChI=1S/C29H53N4O7PSi/c1-12-24-26(40-41(37-17-13-15-30)33(19(2)3)20(4)5)27(28(39-24)32-16-14-25(34)31-29(32)35)36-18-38-42(21(6)7,22(8)9)23(10)11/h14,16,19-24,26-28H,12-13,17-18H2,1-11H3,(H,31,34,35)/t24-,26-,27-,28-,41?/m1/s1. The number of rotatable bonds is 17. The first kappa shape index (κ1) is 36.8. The number of aromatic nitrogens is 2. The third-order valence-corrected chi connectivity index (χ3v) is 16.1. The zero-order chi connectivity index (χ0) is 31.8. The second-order valence-corrected chi connectivity index (χ2v) is 19.2. The third kappa shape index (κ3) is 8.60. The molecule has 1 aromatic rings. The van der Waals surface area contributed by atoms with Gasteiger partial charge in [-0.05, 0) is 50.7 Å². The average Bonchev–Trinajstić information content (AvgIpc) is 3.22. The summed E-state index contributed by atoms with van der Waals surface area (Å²) in [5, 5.41) is 9.14. The van der Waals surface area contributed by atoms with Gasteiger partial charge in [0.15, 0.2) is 6.23 Å². The van der Waals surface area contributed by atoms with Crippen LogP contribution in [0.3, 0.4) is 0 Å². The van der Waals surface area contributed by atoms with Crippen molar-refractivity contribution in [1.29, 1.82) is 5.26 Å². The molecule has 0 aromatic carbocycles. The summed E-state index contributed by atoms with van der Waals surface area (Å²) < 4.78 is 36.2. The molecule has 0 spiro atoms. The highest BCUT2D eigenvalue weighted by Crippen LogP contribution is 2.51. The monoisotopic (exact) mass is 628 g/mol. The summed E-state index contributed by atoms with van der Waals surface area (Å²) >= 11 is 0. The van der Waals surface area contributed by atoms with Crippen LogP contribution in [0.4, 0.5) is 0 Å². The summed E-state index contributed by atoms with van der Waals surface area (Å²) in [6, 6.07) is 3.64. The molecule has 42 heavy (non-hydrogen) atoms. The predicted octanol–water partition coefficient (Wildman–Crippen LogP) is 6.04. The van der Waals surface area contributed by atoms with E-state index in [1.165, 1.54) is 16.8 Å². The van der Waals surface area contributed by atoms with Crippen molar-refractivity contribution < 1.29 is 22.9 Å². The molecule has 1 aliphatic rings. The fourth-order valence-electron chi connectivity index (χ4n) is 6.31. The van der Waals surface area contributed by atoms with Crippen LogP contribution in [0.25, 0.3) is 0 Å². The largest absolute Gasteiger partial charge is 0.394 e. The van der Waals surface area contributed by atoms with Gasteiger partial charge < -0.3 is 22.9 Å². The Hall–Kier alpha value is -1.42. The van der Waals surface area contributed by atoms with Crippen molar-refractivity contribution in [2.24, 2.45) is 0 Å². The number of nitrogens with zero attached hydrogens (tertiary/aromatic N) is 3. The fraction of sp³-hybridized carbons (Fsp3) is 0.828. The van der Waals surface area contributed by atoms with Crippen LogP contribution in [-0.2, 0) is 22.9 Å². The zero-order valence-corrected chi connectivity index (χ0v) is 29.2. The maximum atomic E-state index is 12.9. The van der Waals surface area contributed by atoms with Crippen LogP contribution in [0, 0.1) is 11.3 Å². The summed E-state index contributed by atoms with van der Waals surface area (Å²) in [6.07, 6.45) is -0.372. The molecule has 1 saturated heterocycles. The molecule has 13 heteroatoms. The Labute approximate surface area is 253 Å². The summed E-state index contributed by atoms with van der Waals surface area (Å²) in [7, 11) is -3.86. The lowest BCUT2D eigenvalue weighted by Crippen LogP contribution is -2.49. The first-order valence-corrected chi connectivity index (χ1v) is 18.5. The van der Waals surface area contributed by atoms with Crippen molar-refractivity contribution in [2.75, 3.05) is 13.4 Å². The molecular formula is C29H53N4O7PSi. The molecule has 1 aliphatic heterocycles. The Morgan fingerprint density at radius 3 is 2.12 bits per heavy atom. The Morgan fingerprint density at radius 1 is 1.05 bits per heavy atom. The van der Waals surface area contributed by atoms with Crippen molar-refractivity contribution >= 4 is 16.8 Å². The molecule has 1 N–H and O–H groups in total. The number of ether oxygens (including phenoxy) is 2. The first-order valence-electron chi connectivity index (χ1n) is 15.2. The summed E-state index contributed by atoms with van der Waals surface area (Å²) in [5.41, 5.74) is 0.00434. The molecular weight excluding hydrogens is 575 g/mol. The van der Waals surface area contributed by atoms with E-state index in [9.17, 15) is 9.59 Å². The maximum Gasteiger partial charge on any atom is 0.330 e. The number of hydrogen-bond donors (Lipinski definition) is 1. The highest BCUT2D eigenvalue weighted by atomic mass is 31.2. The van der Waals surface area contributed by atoms with Crippen LogP contribution in [0.5, 0.6) is 0 Å². The molecule has 0 saturated carbocycles. The summed E-state index contributed by atoms with van der Waals surface area (Å²) in [6.45, 7) is 23.8. The minimum absolute atomic E-state index is 0.0188. The quantitative estimate of drug-likeness (QED) is 0.0950. The van der Waals surface area contributed by atoms with Gasteiger partial charge in [0.05, 0.1) is 25.2 Å². The predicted molar refractivity (Wildman–Crippen MR) is 167 cm³/mol. The number of hydrogen-bond acceptors (Lipinski definition) is 9. The van der Waals surface area contributed by atoms with E-state index in [1.807, 2.05) is 6.92 Å². The summed E-state index contributed by atoms with van der Waals surface area (Å²) in [4.78, 5) is 27.1. The first-order chi connectivity index (χ1) is 19.7. The Balaban J connectivity index is 2.53. The van der Waals surface area contributed by atoms with Crippen molar-refractivity contribution in [3.8, 4) is 6.07 Å². The highest BCUT2D eigenvalue weighted by molar-refractivity contribution is 7.44. The van der Waals surface area contributed by atoms with Gasteiger partial charge in [-0.1, -0.05) is 48.5 Å². The second-order valence-electron chi connectivity index (χ2n) is 12.3.